The van der Waals surface area contributed by atoms with Gasteiger partial charge in [-0.1, -0.05) is 65.3 Å². The third-order valence-corrected chi connectivity index (χ3v) is 5.71. The minimum Gasteiger partial charge on any atom is -0.491 e. The molecule has 0 aliphatic rings. The molecule has 0 saturated carbocycles. The van der Waals surface area contributed by atoms with Crippen molar-refractivity contribution < 1.29 is 13.5 Å². The fourth-order valence-electron chi connectivity index (χ4n) is 2.89. The first kappa shape index (κ1) is 21.6. The molecule has 0 radical (unpaired) electrons. The maximum atomic E-state index is 14.6. The van der Waals surface area contributed by atoms with E-state index in [9.17, 15) is 8.78 Å². The van der Waals surface area contributed by atoms with Crippen LogP contribution >= 0.6 is 35.0 Å². The number of thioether (sulfide) groups is 1. The van der Waals surface area contributed by atoms with Crippen molar-refractivity contribution in [2.75, 3.05) is 12.4 Å². The summed E-state index contributed by atoms with van der Waals surface area (Å²) in [5.41, 5.74) is 0.921. The molecule has 4 rings (SSSR count). The van der Waals surface area contributed by atoms with Crippen LogP contribution in [0.2, 0.25) is 10.0 Å². The van der Waals surface area contributed by atoms with Crippen LogP contribution in [0.5, 0.6) is 5.75 Å². The van der Waals surface area contributed by atoms with E-state index in [0.29, 0.717) is 39.1 Å². The van der Waals surface area contributed by atoms with E-state index in [2.05, 4.69) is 10.2 Å². The lowest BCUT2D eigenvalue weighted by molar-refractivity contribution is 0.344. The van der Waals surface area contributed by atoms with Gasteiger partial charge in [-0.25, -0.2) is 8.78 Å². The number of hydrogen-bond donors (Lipinski definition) is 0. The normalized spacial score (nSPS) is 11.0. The van der Waals surface area contributed by atoms with Crippen molar-refractivity contribution in [3.05, 3.63) is 88.4 Å². The van der Waals surface area contributed by atoms with Gasteiger partial charge in [-0.15, -0.1) is 10.2 Å². The third-order valence-electron chi connectivity index (χ3n) is 4.28. The highest BCUT2D eigenvalue weighted by molar-refractivity contribution is 7.99. The summed E-state index contributed by atoms with van der Waals surface area (Å²) < 4.78 is 35.3. The lowest BCUT2D eigenvalue weighted by Crippen LogP contribution is -2.05. The highest BCUT2D eigenvalue weighted by Gasteiger charge is 2.19. The van der Waals surface area contributed by atoms with Crippen LogP contribution in [0.1, 0.15) is 0 Å². The molecule has 0 saturated heterocycles. The van der Waals surface area contributed by atoms with E-state index in [1.165, 1.54) is 23.9 Å². The van der Waals surface area contributed by atoms with E-state index in [-0.39, 0.29) is 5.69 Å². The second-order valence-corrected chi connectivity index (χ2v) is 8.28. The van der Waals surface area contributed by atoms with Crippen LogP contribution in [0.4, 0.5) is 8.78 Å². The van der Waals surface area contributed by atoms with Crippen molar-refractivity contribution in [1.29, 1.82) is 0 Å². The summed E-state index contributed by atoms with van der Waals surface area (Å²) >= 11 is 13.3. The molecule has 0 aliphatic heterocycles. The Bertz CT molecular complexity index is 1200. The fraction of sp³-hybridized carbons (Fsp3) is 0.0909. The molecule has 0 N–H and O–H groups in total. The number of ether oxygens (including phenoxy) is 1. The number of halogens is 4. The molecule has 158 valence electrons. The highest BCUT2D eigenvalue weighted by Crippen LogP contribution is 2.30. The lowest BCUT2D eigenvalue weighted by Gasteiger charge is -2.12. The largest absolute Gasteiger partial charge is 0.491 e. The Morgan fingerprint density at radius 2 is 1.74 bits per heavy atom. The van der Waals surface area contributed by atoms with Crippen LogP contribution in [0.15, 0.2) is 71.9 Å². The van der Waals surface area contributed by atoms with Crippen molar-refractivity contribution in [2.24, 2.45) is 0 Å². The zero-order valence-electron chi connectivity index (χ0n) is 15.9. The van der Waals surface area contributed by atoms with Crippen molar-refractivity contribution in [1.82, 2.24) is 14.8 Å². The number of aromatic nitrogens is 3. The Kier molecular flexibility index (Phi) is 6.75. The maximum Gasteiger partial charge on any atom is 0.196 e. The van der Waals surface area contributed by atoms with Crippen LogP contribution in [-0.4, -0.2) is 27.1 Å². The van der Waals surface area contributed by atoms with Gasteiger partial charge in [0.25, 0.3) is 0 Å². The van der Waals surface area contributed by atoms with Crippen LogP contribution in [0, 0.1) is 11.6 Å². The summed E-state index contributed by atoms with van der Waals surface area (Å²) in [6.45, 7) is 0.325. The number of hydrogen-bond acceptors (Lipinski definition) is 4. The quantitative estimate of drug-likeness (QED) is 0.219. The minimum atomic E-state index is -0.706. The Morgan fingerprint density at radius 3 is 2.48 bits per heavy atom. The summed E-state index contributed by atoms with van der Waals surface area (Å²) in [5, 5.41) is 9.86. The van der Waals surface area contributed by atoms with Gasteiger partial charge in [0.1, 0.15) is 17.4 Å². The Morgan fingerprint density at radius 1 is 0.935 bits per heavy atom. The molecular weight excluding hydrogens is 463 g/mol. The molecule has 0 spiro atoms. The second-order valence-electron chi connectivity index (χ2n) is 6.38. The van der Waals surface area contributed by atoms with E-state index in [1.807, 2.05) is 30.3 Å². The molecule has 4 nitrogen and oxygen atoms in total. The van der Waals surface area contributed by atoms with Gasteiger partial charge in [0.05, 0.1) is 17.3 Å². The molecule has 0 aliphatic carbocycles. The smallest absolute Gasteiger partial charge is 0.196 e. The monoisotopic (exact) mass is 477 g/mol. The zero-order chi connectivity index (χ0) is 21.8. The predicted octanol–water partition coefficient (Wildman–Crippen LogP) is 6.69. The van der Waals surface area contributed by atoms with Gasteiger partial charge in [-0.05, 0) is 30.3 Å². The molecule has 0 fully saturated rings. The van der Waals surface area contributed by atoms with E-state index in [1.54, 1.807) is 22.8 Å². The standard InChI is InChI=1S/C22H15Cl2F2N3OS/c23-15-6-9-20(17(24)12-15)30-10-11-31-22-28-27-21(14-4-2-1-3-5-14)29(22)19-8-7-16(25)13-18(19)26/h1-9,12-13H,10-11H2. The van der Waals surface area contributed by atoms with Gasteiger partial charge in [0, 0.05) is 22.4 Å². The summed E-state index contributed by atoms with van der Waals surface area (Å²) in [5.74, 6) is 0.105. The van der Waals surface area contributed by atoms with E-state index in [4.69, 9.17) is 27.9 Å². The maximum absolute atomic E-state index is 14.6. The molecule has 4 aromatic rings. The Labute approximate surface area is 191 Å². The van der Waals surface area contributed by atoms with Crippen LogP contribution < -0.4 is 4.74 Å². The average Bonchev–Trinajstić information content (AvgIpc) is 3.17. The van der Waals surface area contributed by atoms with Crippen LogP contribution in [0.3, 0.4) is 0 Å². The molecule has 31 heavy (non-hydrogen) atoms. The number of rotatable bonds is 7. The van der Waals surface area contributed by atoms with Gasteiger partial charge in [-0.3, -0.25) is 4.57 Å². The lowest BCUT2D eigenvalue weighted by atomic mass is 10.2. The van der Waals surface area contributed by atoms with Gasteiger partial charge < -0.3 is 4.74 Å². The summed E-state index contributed by atoms with van der Waals surface area (Å²) in [7, 11) is 0. The van der Waals surface area contributed by atoms with Crippen molar-refractivity contribution in [3.63, 3.8) is 0 Å². The molecular formula is C22H15Cl2F2N3OS. The molecule has 1 aromatic heterocycles. The molecule has 9 heteroatoms. The predicted molar refractivity (Wildman–Crippen MR) is 119 cm³/mol. The van der Waals surface area contributed by atoms with Gasteiger partial charge in [-0.2, -0.15) is 0 Å². The molecule has 1 heterocycles. The first-order chi connectivity index (χ1) is 15.0. The van der Waals surface area contributed by atoms with Crippen LogP contribution in [0.25, 0.3) is 17.1 Å². The highest BCUT2D eigenvalue weighted by atomic mass is 35.5. The van der Waals surface area contributed by atoms with E-state index in [0.717, 1.165) is 11.6 Å². The zero-order valence-corrected chi connectivity index (χ0v) is 18.3. The molecule has 0 bridgehead atoms. The first-order valence-electron chi connectivity index (χ1n) is 9.20. The average molecular weight is 478 g/mol. The summed E-state index contributed by atoms with van der Waals surface area (Å²) in [6, 6.07) is 17.7. The van der Waals surface area contributed by atoms with Gasteiger partial charge >= 0.3 is 0 Å². The SMILES string of the molecule is Fc1ccc(-n2c(SCCOc3ccc(Cl)cc3Cl)nnc2-c2ccccc2)c(F)c1. The fourth-order valence-corrected chi connectivity index (χ4v) is 4.12. The number of nitrogens with zero attached hydrogens (tertiary/aromatic N) is 3. The molecule has 0 unspecified atom stereocenters. The minimum absolute atomic E-state index is 0.161. The summed E-state index contributed by atoms with van der Waals surface area (Å²) in [4.78, 5) is 0. The van der Waals surface area contributed by atoms with Crippen molar-refractivity contribution in [3.8, 4) is 22.8 Å². The van der Waals surface area contributed by atoms with Gasteiger partial charge in [0.15, 0.2) is 11.0 Å². The second kappa shape index (κ2) is 9.68. The molecule has 3 aromatic carbocycles. The topological polar surface area (TPSA) is 39.9 Å². The van der Waals surface area contributed by atoms with Crippen molar-refractivity contribution in [2.45, 2.75) is 5.16 Å². The Balaban J connectivity index is 1.58. The summed E-state index contributed by atoms with van der Waals surface area (Å²) in [6.07, 6.45) is 0. The third kappa shape index (κ3) is 5.01. The van der Waals surface area contributed by atoms with Crippen molar-refractivity contribution >= 4 is 35.0 Å². The first-order valence-corrected chi connectivity index (χ1v) is 10.9. The number of benzene rings is 3. The van der Waals surface area contributed by atoms with Gasteiger partial charge in [0.2, 0.25) is 0 Å². The molecule has 0 amide bonds. The molecule has 0 atom stereocenters. The van der Waals surface area contributed by atoms with E-state index >= 15 is 0 Å². The van der Waals surface area contributed by atoms with E-state index < -0.39 is 11.6 Å². The Hall–Kier alpha value is -2.61. The van der Waals surface area contributed by atoms with Crippen LogP contribution in [-0.2, 0) is 0 Å².